The van der Waals surface area contributed by atoms with Crippen LogP contribution in [0.4, 0.5) is 5.69 Å². The van der Waals surface area contributed by atoms with E-state index in [1.165, 1.54) is 0 Å². The number of hydrogen-bond acceptors (Lipinski definition) is 3. The number of carbonyl (C=O) groups is 1. The lowest BCUT2D eigenvalue weighted by Crippen LogP contribution is -2.45. The lowest BCUT2D eigenvalue weighted by molar-refractivity contribution is -0.120. The zero-order valence-electron chi connectivity index (χ0n) is 13.9. The number of rotatable bonds is 4. The van der Waals surface area contributed by atoms with E-state index in [0.717, 1.165) is 16.8 Å². The number of carbonyl (C=O) groups excluding carboxylic acids is 1. The zero-order valence-corrected chi connectivity index (χ0v) is 14.7. The molecule has 2 aromatic rings. The fraction of sp³-hybridized carbons (Fsp3) is 0.316. The number of hydrogen-bond donors (Lipinski definition) is 2. The van der Waals surface area contributed by atoms with Gasteiger partial charge in [0.1, 0.15) is 6.04 Å². The highest BCUT2D eigenvalue weighted by molar-refractivity contribution is 6.30. The van der Waals surface area contributed by atoms with Crippen molar-refractivity contribution < 1.29 is 4.79 Å². The highest BCUT2D eigenvalue weighted by Gasteiger charge is 2.33. The Morgan fingerprint density at radius 1 is 1.21 bits per heavy atom. The van der Waals surface area contributed by atoms with Crippen LogP contribution in [-0.4, -0.2) is 18.5 Å². The number of aryl methyl sites for hydroxylation is 1. The molecule has 1 amide bonds. The fourth-order valence-corrected chi connectivity index (χ4v) is 3.31. The Hall–Kier alpha value is -1.88. The lowest BCUT2D eigenvalue weighted by atomic mass is 10.0. The number of amides is 1. The van der Waals surface area contributed by atoms with Crippen molar-refractivity contribution >= 4 is 23.2 Å². The van der Waals surface area contributed by atoms with Crippen LogP contribution in [0.15, 0.2) is 48.5 Å². The summed E-state index contributed by atoms with van der Waals surface area (Å²) < 4.78 is 0. The van der Waals surface area contributed by atoms with Crippen LogP contribution in [0.5, 0.6) is 0 Å². The molecular formula is C19H22ClN3O. The Kier molecular flexibility index (Phi) is 5.19. The third kappa shape index (κ3) is 3.61. The molecule has 1 aliphatic heterocycles. The van der Waals surface area contributed by atoms with Gasteiger partial charge in [0.15, 0.2) is 0 Å². The molecule has 126 valence electrons. The molecule has 0 aliphatic carbocycles. The maximum absolute atomic E-state index is 12.9. The number of nitrogens with zero attached hydrogens (tertiary/aromatic N) is 1. The summed E-state index contributed by atoms with van der Waals surface area (Å²) in [4.78, 5) is 14.8. The van der Waals surface area contributed by atoms with Crippen molar-refractivity contribution in [3.63, 3.8) is 0 Å². The number of benzene rings is 2. The lowest BCUT2D eigenvalue weighted by Gasteiger charge is -2.24. The maximum Gasteiger partial charge on any atom is 0.245 e. The predicted molar refractivity (Wildman–Crippen MR) is 98.1 cm³/mol. The first-order chi connectivity index (χ1) is 11.6. The first kappa shape index (κ1) is 17.0. The van der Waals surface area contributed by atoms with Crippen molar-refractivity contribution in [1.82, 2.24) is 10.9 Å². The van der Waals surface area contributed by atoms with Crippen LogP contribution in [0.1, 0.15) is 30.5 Å². The van der Waals surface area contributed by atoms with Crippen molar-refractivity contribution in [2.45, 2.75) is 32.4 Å². The molecule has 24 heavy (non-hydrogen) atoms. The minimum atomic E-state index is -0.255. The second-order valence-corrected chi connectivity index (χ2v) is 6.54. The van der Waals surface area contributed by atoms with E-state index in [2.05, 4.69) is 10.9 Å². The summed E-state index contributed by atoms with van der Waals surface area (Å²) >= 11 is 6.07. The quantitative estimate of drug-likeness (QED) is 0.891. The largest absolute Gasteiger partial charge is 0.311 e. The van der Waals surface area contributed by atoms with E-state index in [0.29, 0.717) is 18.0 Å². The predicted octanol–water partition coefficient (Wildman–Crippen LogP) is 3.61. The Balaban J connectivity index is 1.73. The fourth-order valence-electron chi connectivity index (χ4n) is 3.11. The van der Waals surface area contributed by atoms with Crippen LogP contribution >= 0.6 is 11.6 Å². The van der Waals surface area contributed by atoms with Gasteiger partial charge in [0, 0.05) is 23.3 Å². The van der Waals surface area contributed by atoms with Crippen LogP contribution < -0.4 is 15.8 Å². The Morgan fingerprint density at radius 3 is 2.71 bits per heavy atom. The standard InChI is InChI=1S/C19H22ClN3O/c1-3-23(16-9-4-6-13(2)10-16)19(24)18-12-17(21-22-18)14-7-5-8-15(20)11-14/h4-11,17-18,21-22H,3,12H2,1-2H3. The Bertz CT molecular complexity index is 734. The maximum atomic E-state index is 12.9. The van der Waals surface area contributed by atoms with Crippen molar-refractivity contribution in [1.29, 1.82) is 0 Å². The Morgan fingerprint density at radius 2 is 2.00 bits per heavy atom. The van der Waals surface area contributed by atoms with Crippen LogP contribution in [0.2, 0.25) is 5.02 Å². The molecule has 1 heterocycles. The summed E-state index contributed by atoms with van der Waals surface area (Å²) in [6.45, 7) is 4.67. The van der Waals surface area contributed by atoms with Gasteiger partial charge in [-0.15, -0.1) is 0 Å². The van der Waals surface area contributed by atoms with E-state index in [9.17, 15) is 4.79 Å². The van der Waals surface area contributed by atoms with Crippen molar-refractivity contribution in [2.75, 3.05) is 11.4 Å². The molecule has 2 N–H and O–H groups in total. The molecule has 0 aromatic heterocycles. The summed E-state index contributed by atoms with van der Waals surface area (Å²) in [5.74, 6) is 0.0835. The second-order valence-electron chi connectivity index (χ2n) is 6.11. The van der Waals surface area contributed by atoms with Crippen LogP contribution in [-0.2, 0) is 4.79 Å². The number of nitrogens with one attached hydrogen (secondary N) is 2. The molecule has 2 aromatic carbocycles. The number of halogens is 1. The molecular weight excluding hydrogens is 322 g/mol. The molecule has 0 spiro atoms. The van der Waals surface area contributed by atoms with Crippen molar-refractivity contribution in [2.24, 2.45) is 0 Å². The number of anilines is 1. The molecule has 3 rings (SSSR count). The molecule has 1 fully saturated rings. The van der Waals surface area contributed by atoms with Crippen LogP contribution in [0.25, 0.3) is 0 Å². The van der Waals surface area contributed by atoms with Gasteiger partial charge in [0.05, 0.1) is 0 Å². The SMILES string of the molecule is CCN(C(=O)C1CC(c2cccc(Cl)c2)NN1)c1cccc(C)c1. The molecule has 2 unspecified atom stereocenters. The topological polar surface area (TPSA) is 44.4 Å². The van der Waals surface area contributed by atoms with Crippen molar-refractivity contribution in [3.8, 4) is 0 Å². The third-order valence-corrected chi connectivity index (χ3v) is 4.58. The zero-order chi connectivity index (χ0) is 17.1. The third-order valence-electron chi connectivity index (χ3n) is 4.35. The molecule has 0 bridgehead atoms. The molecule has 4 nitrogen and oxygen atoms in total. The van der Waals surface area contributed by atoms with E-state index >= 15 is 0 Å². The smallest absolute Gasteiger partial charge is 0.245 e. The minimum Gasteiger partial charge on any atom is -0.311 e. The van der Waals surface area contributed by atoms with Gasteiger partial charge in [-0.2, -0.15) is 0 Å². The molecule has 2 atom stereocenters. The summed E-state index contributed by atoms with van der Waals surface area (Å²) in [6.07, 6.45) is 0.696. The van der Waals surface area contributed by atoms with Gasteiger partial charge in [0.2, 0.25) is 5.91 Å². The van der Waals surface area contributed by atoms with E-state index in [1.54, 1.807) is 0 Å². The highest BCUT2D eigenvalue weighted by atomic mass is 35.5. The van der Waals surface area contributed by atoms with Crippen LogP contribution in [0.3, 0.4) is 0 Å². The van der Waals surface area contributed by atoms with Crippen LogP contribution in [0, 0.1) is 6.92 Å². The van der Waals surface area contributed by atoms with Gasteiger partial charge < -0.3 is 4.90 Å². The molecule has 0 saturated carbocycles. The molecule has 1 saturated heterocycles. The van der Waals surface area contributed by atoms with Gasteiger partial charge in [0.25, 0.3) is 0 Å². The summed E-state index contributed by atoms with van der Waals surface area (Å²) in [5.41, 5.74) is 9.53. The number of hydrazine groups is 1. The average Bonchev–Trinajstić information content (AvgIpc) is 3.05. The first-order valence-corrected chi connectivity index (χ1v) is 8.61. The van der Waals surface area contributed by atoms with Gasteiger partial charge in [-0.1, -0.05) is 35.9 Å². The normalized spacial score (nSPS) is 20.1. The van der Waals surface area contributed by atoms with Gasteiger partial charge in [-0.25, -0.2) is 10.9 Å². The minimum absolute atomic E-state index is 0.0777. The summed E-state index contributed by atoms with van der Waals surface area (Å²) in [5, 5.41) is 0.707. The summed E-state index contributed by atoms with van der Waals surface area (Å²) in [7, 11) is 0. The summed E-state index contributed by atoms with van der Waals surface area (Å²) in [6, 6.07) is 15.6. The van der Waals surface area contributed by atoms with E-state index in [4.69, 9.17) is 11.6 Å². The highest BCUT2D eigenvalue weighted by Crippen LogP contribution is 2.26. The molecule has 5 heteroatoms. The second kappa shape index (κ2) is 7.34. The van der Waals surface area contributed by atoms with E-state index < -0.39 is 0 Å². The van der Waals surface area contributed by atoms with Crippen molar-refractivity contribution in [3.05, 3.63) is 64.7 Å². The Labute approximate surface area is 147 Å². The van der Waals surface area contributed by atoms with E-state index in [-0.39, 0.29) is 18.0 Å². The monoisotopic (exact) mass is 343 g/mol. The van der Waals surface area contributed by atoms with Gasteiger partial charge in [-0.3, -0.25) is 4.79 Å². The molecule has 1 aliphatic rings. The van der Waals surface area contributed by atoms with E-state index in [1.807, 2.05) is 67.3 Å². The number of likely N-dealkylation sites (N-methyl/N-ethyl adjacent to an activating group) is 1. The first-order valence-electron chi connectivity index (χ1n) is 8.23. The molecule has 0 radical (unpaired) electrons. The average molecular weight is 344 g/mol. The van der Waals surface area contributed by atoms with Gasteiger partial charge >= 0.3 is 0 Å². The van der Waals surface area contributed by atoms with Gasteiger partial charge in [-0.05, 0) is 55.7 Å².